The number of amides is 1. The number of carbonyl (C=O) groups is 1. The lowest BCUT2D eigenvalue weighted by atomic mass is 10.2. The lowest BCUT2D eigenvalue weighted by Gasteiger charge is -2.05. The molecule has 0 radical (unpaired) electrons. The number of hydrogen-bond donors (Lipinski definition) is 2. The van der Waals surface area contributed by atoms with Gasteiger partial charge in [0.05, 0.1) is 0 Å². The molecule has 21 heavy (non-hydrogen) atoms. The van der Waals surface area contributed by atoms with Crippen molar-refractivity contribution in [3.63, 3.8) is 0 Å². The van der Waals surface area contributed by atoms with Crippen LogP contribution in [0, 0.1) is 6.92 Å². The Balaban J connectivity index is 2.21. The summed E-state index contributed by atoms with van der Waals surface area (Å²) in [5, 5.41) is 6.87. The van der Waals surface area contributed by atoms with E-state index in [2.05, 4.69) is 20.4 Å². The fraction of sp³-hybridized carbons (Fsp3) is 0.143. The molecule has 0 unspecified atom stereocenters. The smallest absolute Gasteiger partial charge is 0.249 e. The van der Waals surface area contributed by atoms with Gasteiger partial charge in [-0.1, -0.05) is 12.1 Å². The van der Waals surface area contributed by atoms with Crippen molar-refractivity contribution >= 4 is 23.2 Å². The van der Waals surface area contributed by atoms with Crippen LogP contribution < -0.4 is 11.1 Å². The lowest BCUT2D eigenvalue weighted by Crippen LogP contribution is -2.07. The van der Waals surface area contributed by atoms with E-state index in [0.29, 0.717) is 17.2 Å². The molecule has 3 aromatic rings. The van der Waals surface area contributed by atoms with Crippen molar-refractivity contribution in [2.24, 2.45) is 0 Å². The Bertz CT molecular complexity index is 839. The van der Waals surface area contributed by atoms with Crippen LogP contribution in [0.5, 0.6) is 0 Å². The third kappa shape index (κ3) is 2.40. The summed E-state index contributed by atoms with van der Waals surface area (Å²) >= 11 is 0. The number of aromatic nitrogens is 4. The number of fused-ring (bicyclic) bond motifs is 1. The summed E-state index contributed by atoms with van der Waals surface area (Å²) in [7, 11) is 0. The van der Waals surface area contributed by atoms with Crippen molar-refractivity contribution in [2.75, 3.05) is 11.1 Å². The number of benzene rings is 1. The summed E-state index contributed by atoms with van der Waals surface area (Å²) in [6.45, 7) is 3.30. The second-order valence-electron chi connectivity index (χ2n) is 4.74. The molecule has 7 heteroatoms. The highest BCUT2D eigenvalue weighted by Gasteiger charge is 2.13. The van der Waals surface area contributed by atoms with Crippen LogP contribution in [0.4, 0.5) is 11.6 Å². The zero-order valence-electron chi connectivity index (χ0n) is 11.7. The third-order valence-electron chi connectivity index (χ3n) is 2.97. The van der Waals surface area contributed by atoms with E-state index in [0.717, 1.165) is 11.1 Å². The molecule has 0 fully saturated rings. The highest BCUT2D eigenvalue weighted by molar-refractivity contribution is 5.87. The molecule has 1 amide bonds. The summed E-state index contributed by atoms with van der Waals surface area (Å²) in [5.74, 6) is 0.651. The Morgan fingerprint density at radius 1 is 1.38 bits per heavy atom. The second kappa shape index (κ2) is 4.86. The minimum absolute atomic E-state index is 0.220. The van der Waals surface area contributed by atoms with Gasteiger partial charge in [0.25, 0.3) is 0 Å². The van der Waals surface area contributed by atoms with Gasteiger partial charge in [-0.2, -0.15) is 9.50 Å². The molecule has 2 heterocycles. The Morgan fingerprint density at radius 2 is 2.19 bits per heavy atom. The Morgan fingerprint density at radius 3 is 2.90 bits per heavy atom. The van der Waals surface area contributed by atoms with E-state index in [-0.39, 0.29) is 11.9 Å². The highest BCUT2D eigenvalue weighted by atomic mass is 16.1. The predicted molar refractivity (Wildman–Crippen MR) is 79.7 cm³/mol. The first-order chi connectivity index (χ1) is 10.0. The average Bonchev–Trinajstić information content (AvgIpc) is 2.82. The SMILES string of the molecule is CC(=O)Nc1nc2c(C)cnc(-c3cccc(N)c3)n2n1. The number of nitrogens with one attached hydrogen (secondary N) is 1. The first-order valence-corrected chi connectivity index (χ1v) is 6.40. The van der Waals surface area contributed by atoms with Gasteiger partial charge >= 0.3 is 0 Å². The van der Waals surface area contributed by atoms with E-state index >= 15 is 0 Å². The van der Waals surface area contributed by atoms with Crippen LogP contribution in [0.1, 0.15) is 12.5 Å². The zero-order valence-corrected chi connectivity index (χ0v) is 11.7. The molecular formula is C14H14N6O. The summed E-state index contributed by atoms with van der Waals surface area (Å²) in [6.07, 6.45) is 1.72. The van der Waals surface area contributed by atoms with E-state index in [1.807, 2.05) is 25.1 Å². The molecule has 3 rings (SSSR count). The summed E-state index contributed by atoms with van der Waals surface area (Å²) in [6, 6.07) is 7.37. The molecule has 7 nitrogen and oxygen atoms in total. The monoisotopic (exact) mass is 282 g/mol. The summed E-state index contributed by atoms with van der Waals surface area (Å²) in [4.78, 5) is 19.9. The maximum absolute atomic E-state index is 11.1. The van der Waals surface area contributed by atoms with Crippen molar-refractivity contribution in [1.82, 2.24) is 19.6 Å². The van der Waals surface area contributed by atoms with Gasteiger partial charge < -0.3 is 5.73 Å². The minimum Gasteiger partial charge on any atom is -0.399 e. The molecule has 0 bridgehead atoms. The number of nitrogen functional groups attached to an aromatic ring is 1. The number of rotatable bonds is 2. The summed E-state index contributed by atoms with van der Waals surface area (Å²) < 4.78 is 1.61. The molecule has 0 atom stereocenters. The maximum atomic E-state index is 11.1. The minimum atomic E-state index is -0.220. The van der Waals surface area contributed by atoms with Gasteiger partial charge in [-0.25, -0.2) is 4.98 Å². The summed E-state index contributed by atoms with van der Waals surface area (Å²) in [5.41, 5.74) is 8.80. The van der Waals surface area contributed by atoms with Crippen molar-refractivity contribution < 1.29 is 4.79 Å². The Hall–Kier alpha value is -2.96. The predicted octanol–water partition coefficient (Wildman–Crippen LogP) is 1.64. The fourth-order valence-corrected chi connectivity index (χ4v) is 2.07. The van der Waals surface area contributed by atoms with Crippen LogP contribution in [-0.4, -0.2) is 25.5 Å². The first-order valence-electron chi connectivity index (χ1n) is 6.40. The van der Waals surface area contributed by atoms with Gasteiger partial charge in [0.2, 0.25) is 11.9 Å². The van der Waals surface area contributed by atoms with Gasteiger partial charge in [-0.3, -0.25) is 10.1 Å². The van der Waals surface area contributed by atoms with Crippen LogP contribution in [0.25, 0.3) is 17.0 Å². The molecule has 0 aliphatic rings. The van der Waals surface area contributed by atoms with Crippen molar-refractivity contribution in [2.45, 2.75) is 13.8 Å². The zero-order chi connectivity index (χ0) is 15.0. The molecule has 0 aliphatic carbocycles. The second-order valence-corrected chi connectivity index (χ2v) is 4.74. The van der Waals surface area contributed by atoms with Gasteiger partial charge in [-0.05, 0) is 19.1 Å². The van der Waals surface area contributed by atoms with Crippen LogP contribution in [-0.2, 0) is 4.79 Å². The number of hydrogen-bond acceptors (Lipinski definition) is 5. The molecule has 0 saturated heterocycles. The molecule has 3 N–H and O–H groups in total. The maximum Gasteiger partial charge on any atom is 0.249 e. The third-order valence-corrected chi connectivity index (χ3v) is 2.97. The van der Waals surface area contributed by atoms with E-state index in [4.69, 9.17) is 5.73 Å². The molecule has 2 aromatic heterocycles. The van der Waals surface area contributed by atoms with Crippen LogP contribution in [0.2, 0.25) is 0 Å². The number of nitrogens with two attached hydrogens (primary N) is 1. The molecule has 1 aromatic carbocycles. The molecule has 0 spiro atoms. The van der Waals surface area contributed by atoms with Crippen molar-refractivity contribution in [3.8, 4) is 11.4 Å². The largest absolute Gasteiger partial charge is 0.399 e. The Labute approximate surface area is 120 Å². The number of carbonyl (C=O) groups excluding carboxylic acids is 1. The quantitative estimate of drug-likeness (QED) is 0.696. The molecular weight excluding hydrogens is 268 g/mol. The first kappa shape index (κ1) is 13.0. The van der Waals surface area contributed by atoms with Crippen LogP contribution >= 0.6 is 0 Å². The highest BCUT2D eigenvalue weighted by Crippen LogP contribution is 2.22. The average molecular weight is 282 g/mol. The van der Waals surface area contributed by atoms with Crippen LogP contribution in [0.15, 0.2) is 30.5 Å². The number of anilines is 2. The van der Waals surface area contributed by atoms with E-state index in [1.165, 1.54) is 6.92 Å². The van der Waals surface area contributed by atoms with E-state index < -0.39 is 0 Å². The number of nitrogens with zero attached hydrogens (tertiary/aromatic N) is 4. The van der Waals surface area contributed by atoms with E-state index in [9.17, 15) is 4.79 Å². The molecule has 0 aliphatic heterocycles. The van der Waals surface area contributed by atoms with Crippen molar-refractivity contribution in [3.05, 3.63) is 36.0 Å². The standard InChI is InChI=1S/C14H14N6O/c1-8-7-16-13(10-4-3-5-11(15)6-10)20-12(8)18-14(19-20)17-9(2)21/h3-7H,15H2,1-2H3,(H,17,19,21). The van der Waals surface area contributed by atoms with Gasteiger partial charge in [-0.15, -0.1) is 5.10 Å². The van der Waals surface area contributed by atoms with Crippen molar-refractivity contribution in [1.29, 1.82) is 0 Å². The normalized spacial score (nSPS) is 10.8. The topological polar surface area (TPSA) is 98.2 Å². The van der Waals surface area contributed by atoms with Crippen LogP contribution in [0.3, 0.4) is 0 Å². The Kier molecular flexibility index (Phi) is 3.02. The van der Waals surface area contributed by atoms with Gasteiger partial charge in [0, 0.05) is 29.9 Å². The molecule has 106 valence electrons. The van der Waals surface area contributed by atoms with E-state index in [1.54, 1.807) is 16.8 Å². The van der Waals surface area contributed by atoms with Gasteiger partial charge in [0.1, 0.15) is 0 Å². The number of aryl methyl sites for hydroxylation is 1. The fourth-order valence-electron chi connectivity index (χ4n) is 2.07. The molecule has 0 saturated carbocycles. The van der Waals surface area contributed by atoms with Gasteiger partial charge in [0.15, 0.2) is 11.5 Å². The lowest BCUT2D eigenvalue weighted by molar-refractivity contribution is -0.114.